The van der Waals surface area contributed by atoms with Crippen molar-refractivity contribution in [3.8, 4) is 11.5 Å². The Morgan fingerprint density at radius 1 is 0.900 bits per heavy atom. The zero-order valence-corrected chi connectivity index (χ0v) is 16.8. The molecule has 0 radical (unpaired) electrons. The lowest BCUT2D eigenvalue weighted by molar-refractivity contribution is 0.101. The second kappa shape index (κ2) is 8.42. The molecule has 1 aliphatic rings. The van der Waals surface area contributed by atoms with Crippen molar-refractivity contribution in [1.29, 1.82) is 0 Å². The number of hydrogen-bond donors (Lipinski definition) is 2. The highest BCUT2D eigenvalue weighted by Gasteiger charge is 2.16. The van der Waals surface area contributed by atoms with Crippen LogP contribution in [0.25, 0.3) is 0 Å². The van der Waals surface area contributed by atoms with Crippen LogP contribution in [0.4, 0.5) is 11.4 Å². The summed E-state index contributed by atoms with van der Waals surface area (Å²) < 4.78 is 11.0. The van der Waals surface area contributed by atoms with E-state index in [0.29, 0.717) is 52.4 Å². The molecular weight excluding hydrogens is 406 g/mol. The number of nitrogens with one attached hydrogen (secondary N) is 2. The monoisotopic (exact) mass is 423 g/mol. The topological polar surface area (TPSA) is 89.5 Å². The van der Waals surface area contributed by atoms with Crippen LogP contribution in [0.1, 0.15) is 26.3 Å². The predicted octanol–water partition coefficient (Wildman–Crippen LogP) is 4.32. The van der Waals surface area contributed by atoms with Crippen molar-refractivity contribution in [2.75, 3.05) is 23.8 Å². The first-order valence-electron chi connectivity index (χ1n) is 9.24. The van der Waals surface area contributed by atoms with E-state index in [1.54, 1.807) is 42.5 Å². The fraction of sp³-hybridized carbons (Fsp3) is 0.136. The van der Waals surface area contributed by atoms with Crippen molar-refractivity contribution in [1.82, 2.24) is 4.98 Å². The van der Waals surface area contributed by atoms with Crippen molar-refractivity contribution in [2.24, 2.45) is 0 Å². The lowest BCUT2D eigenvalue weighted by Gasteiger charge is -2.18. The van der Waals surface area contributed by atoms with E-state index in [4.69, 9.17) is 21.1 Å². The van der Waals surface area contributed by atoms with Crippen molar-refractivity contribution in [3.05, 3.63) is 76.6 Å². The van der Waals surface area contributed by atoms with Crippen molar-refractivity contribution in [3.63, 3.8) is 0 Å². The minimum Gasteiger partial charge on any atom is -0.486 e. The van der Waals surface area contributed by atoms with Crippen molar-refractivity contribution in [2.45, 2.75) is 6.92 Å². The molecule has 152 valence electrons. The van der Waals surface area contributed by atoms with Gasteiger partial charge in [0.05, 0.1) is 5.56 Å². The molecule has 0 spiro atoms. The lowest BCUT2D eigenvalue weighted by Crippen LogP contribution is -2.17. The molecule has 2 heterocycles. The molecule has 0 saturated carbocycles. The molecular formula is C22H18ClN3O4. The van der Waals surface area contributed by atoms with Gasteiger partial charge in [-0.05, 0) is 55.0 Å². The molecule has 0 unspecified atom stereocenters. The SMILES string of the molecule is Cc1ccc(NC(=O)c2ccc3c(c2)OCCO3)cc1NC(=O)c1ccc(Cl)nc1. The van der Waals surface area contributed by atoms with Crippen molar-refractivity contribution >= 4 is 34.8 Å². The average Bonchev–Trinajstić information content (AvgIpc) is 2.76. The zero-order chi connectivity index (χ0) is 21.1. The molecule has 1 aromatic heterocycles. The van der Waals surface area contributed by atoms with Crippen LogP contribution in [0.2, 0.25) is 5.15 Å². The largest absolute Gasteiger partial charge is 0.486 e. The molecule has 3 aromatic rings. The summed E-state index contributed by atoms with van der Waals surface area (Å²) in [7, 11) is 0. The second-order valence-electron chi connectivity index (χ2n) is 6.67. The first-order valence-corrected chi connectivity index (χ1v) is 9.62. The van der Waals surface area contributed by atoms with E-state index >= 15 is 0 Å². The number of nitrogens with zero attached hydrogens (tertiary/aromatic N) is 1. The highest BCUT2D eigenvalue weighted by molar-refractivity contribution is 6.29. The van der Waals surface area contributed by atoms with E-state index in [1.165, 1.54) is 6.20 Å². The number of carbonyl (C=O) groups excluding carboxylic acids is 2. The zero-order valence-electron chi connectivity index (χ0n) is 16.1. The number of anilines is 2. The second-order valence-corrected chi connectivity index (χ2v) is 7.05. The van der Waals surface area contributed by atoms with E-state index in [9.17, 15) is 9.59 Å². The maximum absolute atomic E-state index is 12.7. The van der Waals surface area contributed by atoms with Crippen LogP contribution in [0.3, 0.4) is 0 Å². The number of ether oxygens (including phenoxy) is 2. The highest BCUT2D eigenvalue weighted by atomic mass is 35.5. The van der Waals surface area contributed by atoms with Crippen LogP contribution in [0.15, 0.2) is 54.7 Å². The molecule has 0 saturated heterocycles. The number of fused-ring (bicyclic) bond motifs is 1. The van der Waals surface area contributed by atoms with Crippen molar-refractivity contribution < 1.29 is 19.1 Å². The minimum absolute atomic E-state index is 0.296. The molecule has 0 bridgehead atoms. The molecule has 0 fully saturated rings. The van der Waals surface area contributed by atoms with Gasteiger partial charge in [-0.1, -0.05) is 17.7 Å². The van der Waals surface area contributed by atoms with Gasteiger partial charge in [0.15, 0.2) is 11.5 Å². The molecule has 4 rings (SSSR count). The van der Waals surface area contributed by atoms with E-state index < -0.39 is 0 Å². The van der Waals surface area contributed by atoms with E-state index in [0.717, 1.165) is 5.56 Å². The molecule has 2 amide bonds. The van der Waals surface area contributed by atoms with Crippen LogP contribution < -0.4 is 20.1 Å². The number of halogens is 1. The first-order chi connectivity index (χ1) is 14.5. The number of carbonyl (C=O) groups is 2. The summed E-state index contributed by atoms with van der Waals surface area (Å²) in [5.74, 6) is 0.546. The Morgan fingerprint density at radius 2 is 1.63 bits per heavy atom. The quantitative estimate of drug-likeness (QED) is 0.610. The average molecular weight is 424 g/mol. The molecule has 0 atom stereocenters. The normalized spacial score (nSPS) is 12.2. The number of rotatable bonds is 4. The fourth-order valence-electron chi connectivity index (χ4n) is 2.93. The molecule has 8 heteroatoms. The van der Waals surface area contributed by atoms with Crippen LogP contribution in [-0.4, -0.2) is 30.0 Å². The Morgan fingerprint density at radius 3 is 2.40 bits per heavy atom. The van der Waals surface area contributed by atoms with Gasteiger partial charge in [-0.3, -0.25) is 9.59 Å². The molecule has 30 heavy (non-hydrogen) atoms. The summed E-state index contributed by atoms with van der Waals surface area (Å²) in [6.45, 7) is 2.80. The predicted molar refractivity (Wildman–Crippen MR) is 114 cm³/mol. The Hall–Kier alpha value is -3.58. The third-order valence-electron chi connectivity index (χ3n) is 4.54. The van der Waals surface area contributed by atoms with Crippen LogP contribution in [0.5, 0.6) is 11.5 Å². The summed E-state index contributed by atoms with van der Waals surface area (Å²) in [6, 6.07) is 13.5. The Bertz CT molecular complexity index is 1120. The van der Waals surface area contributed by atoms with Gasteiger partial charge in [-0.15, -0.1) is 0 Å². The third-order valence-corrected chi connectivity index (χ3v) is 4.76. The van der Waals surface area contributed by atoms with Gasteiger partial charge in [-0.2, -0.15) is 0 Å². The molecule has 2 aromatic carbocycles. The van der Waals surface area contributed by atoms with Gasteiger partial charge in [0.2, 0.25) is 0 Å². The van der Waals surface area contributed by atoms with Gasteiger partial charge in [0.1, 0.15) is 18.4 Å². The maximum atomic E-state index is 12.7. The van der Waals surface area contributed by atoms with E-state index in [1.807, 2.05) is 13.0 Å². The summed E-state index contributed by atoms with van der Waals surface area (Å²) in [5.41, 5.74) is 2.80. The van der Waals surface area contributed by atoms with E-state index in [-0.39, 0.29) is 11.8 Å². The summed E-state index contributed by atoms with van der Waals surface area (Å²) in [6.07, 6.45) is 1.40. The maximum Gasteiger partial charge on any atom is 0.257 e. The number of hydrogen-bond acceptors (Lipinski definition) is 5. The Kier molecular flexibility index (Phi) is 5.54. The van der Waals surface area contributed by atoms with Gasteiger partial charge in [0, 0.05) is 23.1 Å². The standard InChI is InChI=1S/C22H18ClN3O4/c1-13-2-5-16(11-17(13)26-22(28)15-4-7-20(23)24-12-15)25-21(27)14-3-6-18-19(10-14)30-9-8-29-18/h2-7,10-12H,8-9H2,1H3,(H,25,27)(H,26,28). The van der Waals surface area contributed by atoms with Crippen LogP contribution in [0, 0.1) is 6.92 Å². The first kappa shape index (κ1) is 19.7. The minimum atomic E-state index is -0.322. The summed E-state index contributed by atoms with van der Waals surface area (Å²) in [5, 5.41) is 5.98. The number of pyridine rings is 1. The summed E-state index contributed by atoms with van der Waals surface area (Å²) in [4.78, 5) is 29.0. The van der Waals surface area contributed by atoms with Gasteiger partial charge < -0.3 is 20.1 Å². The lowest BCUT2D eigenvalue weighted by atomic mass is 10.1. The Balaban J connectivity index is 1.49. The highest BCUT2D eigenvalue weighted by Crippen LogP contribution is 2.31. The fourth-order valence-corrected chi connectivity index (χ4v) is 3.04. The van der Waals surface area contributed by atoms with Crippen LogP contribution >= 0.6 is 11.6 Å². The van der Waals surface area contributed by atoms with Gasteiger partial charge in [0.25, 0.3) is 11.8 Å². The molecule has 2 N–H and O–H groups in total. The third kappa shape index (κ3) is 4.36. The van der Waals surface area contributed by atoms with Gasteiger partial charge in [-0.25, -0.2) is 4.98 Å². The Labute approximate surface area is 178 Å². The summed E-state index contributed by atoms with van der Waals surface area (Å²) >= 11 is 5.76. The molecule has 0 aliphatic carbocycles. The molecule has 7 nitrogen and oxygen atoms in total. The smallest absolute Gasteiger partial charge is 0.257 e. The number of aryl methyl sites for hydroxylation is 1. The number of aromatic nitrogens is 1. The molecule has 1 aliphatic heterocycles. The van der Waals surface area contributed by atoms with Crippen LogP contribution in [-0.2, 0) is 0 Å². The van der Waals surface area contributed by atoms with Gasteiger partial charge >= 0.3 is 0 Å². The number of benzene rings is 2. The number of amides is 2. The van der Waals surface area contributed by atoms with E-state index in [2.05, 4.69) is 15.6 Å².